The number of anilines is 1. The molecule has 0 saturated heterocycles. The van der Waals surface area contributed by atoms with Crippen molar-refractivity contribution in [3.63, 3.8) is 0 Å². The van der Waals surface area contributed by atoms with E-state index in [1.807, 2.05) is 6.92 Å². The minimum Gasteiger partial charge on any atom is -0.466 e. The van der Waals surface area contributed by atoms with Crippen LogP contribution in [0.3, 0.4) is 0 Å². The van der Waals surface area contributed by atoms with Crippen molar-refractivity contribution in [2.75, 3.05) is 11.9 Å². The van der Waals surface area contributed by atoms with Gasteiger partial charge in [0, 0.05) is 16.8 Å². The van der Waals surface area contributed by atoms with Crippen LogP contribution in [0.25, 0.3) is 0 Å². The van der Waals surface area contributed by atoms with Crippen LogP contribution in [0.15, 0.2) is 29.4 Å². The third-order valence-electron chi connectivity index (χ3n) is 11.3. The van der Waals surface area contributed by atoms with Crippen LogP contribution in [0, 0.1) is 33.5 Å². The number of nitrogens with one attached hydrogen (secondary N) is 2. The van der Waals surface area contributed by atoms with Crippen molar-refractivity contribution in [3.05, 3.63) is 29.8 Å². The summed E-state index contributed by atoms with van der Waals surface area (Å²) >= 11 is 5.62. The summed E-state index contributed by atoms with van der Waals surface area (Å²) in [5, 5.41) is 8.81. The molecule has 0 radical (unpaired) electrons. The summed E-state index contributed by atoms with van der Waals surface area (Å²) in [4.78, 5) is 13.2. The van der Waals surface area contributed by atoms with Crippen molar-refractivity contribution in [3.8, 4) is 0 Å². The lowest BCUT2D eigenvalue weighted by Gasteiger charge is -2.64. The Bertz CT molecular complexity index is 1120. The van der Waals surface area contributed by atoms with Crippen molar-refractivity contribution in [2.24, 2.45) is 38.6 Å². The van der Waals surface area contributed by atoms with E-state index in [4.69, 9.17) is 22.1 Å². The number of fused-ring (bicyclic) bond motifs is 3. The molecule has 38 heavy (non-hydrogen) atoms. The number of benzene rings is 1. The predicted octanol–water partition coefficient (Wildman–Crippen LogP) is 7.82. The van der Waals surface area contributed by atoms with Crippen LogP contribution < -0.4 is 10.7 Å². The zero-order valence-corrected chi connectivity index (χ0v) is 25.1. The van der Waals surface area contributed by atoms with Crippen molar-refractivity contribution in [1.29, 1.82) is 0 Å². The standard InChI is InChI=1S/C32H47N3O2S/c1-7-37-27(36)31(6)16-8-15-30(5)24(31)14-18-32-19-26(29(4,20-32)17-13-25(30)32)34-35-28(38)33-23-11-9-22(10-12-23)21(2)3/h9-12,21,24-25H,7-8,13-20H2,1-6H3,(H2,33,35,38)/b34-26+/t24-,25-,29-,30+,31+,32-/m0/s1. The maximum atomic E-state index is 13.2. The molecule has 6 heteroatoms. The zero-order chi connectivity index (χ0) is 27.3. The molecule has 5 rings (SSSR count). The van der Waals surface area contributed by atoms with Gasteiger partial charge in [0.05, 0.1) is 12.0 Å². The quantitative estimate of drug-likeness (QED) is 0.228. The fraction of sp³-hybridized carbons (Fsp3) is 0.719. The summed E-state index contributed by atoms with van der Waals surface area (Å²) in [5.74, 6) is 1.58. The second-order valence-electron chi connectivity index (χ2n) is 13.9. The molecule has 0 aromatic heterocycles. The highest BCUT2D eigenvalue weighted by Gasteiger charge is 2.67. The van der Waals surface area contributed by atoms with E-state index in [0.29, 0.717) is 29.5 Å². The third-order valence-corrected chi connectivity index (χ3v) is 11.4. The molecule has 5 nitrogen and oxygen atoms in total. The number of thiocarbonyl (C=S) groups is 1. The molecule has 0 aliphatic heterocycles. The van der Waals surface area contributed by atoms with Gasteiger partial charge < -0.3 is 10.1 Å². The predicted molar refractivity (Wildman–Crippen MR) is 159 cm³/mol. The Morgan fingerprint density at radius 1 is 1.08 bits per heavy atom. The molecule has 6 atom stereocenters. The highest BCUT2D eigenvalue weighted by atomic mass is 32.1. The Labute approximate surface area is 234 Å². The van der Waals surface area contributed by atoms with Crippen LogP contribution in [-0.4, -0.2) is 23.4 Å². The maximum Gasteiger partial charge on any atom is 0.312 e. The lowest BCUT2D eigenvalue weighted by atomic mass is 9.40. The lowest BCUT2D eigenvalue weighted by Crippen LogP contribution is -2.58. The molecule has 2 bridgehead atoms. The van der Waals surface area contributed by atoms with Gasteiger partial charge >= 0.3 is 5.97 Å². The number of ether oxygens (including phenoxy) is 1. The minimum absolute atomic E-state index is 0.0326. The van der Waals surface area contributed by atoms with E-state index in [1.54, 1.807) is 0 Å². The van der Waals surface area contributed by atoms with Gasteiger partial charge in [-0.3, -0.25) is 10.2 Å². The van der Waals surface area contributed by atoms with Gasteiger partial charge in [0.1, 0.15) is 0 Å². The van der Waals surface area contributed by atoms with Gasteiger partial charge in [0.2, 0.25) is 0 Å². The van der Waals surface area contributed by atoms with E-state index < -0.39 is 0 Å². The summed E-state index contributed by atoms with van der Waals surface area (Å²) in [6, 6.07) is 8.46. The van der Waals surface area contributed by atoms with Gasteiger partial charge in [-0.05, 0) is 124 Å². The van der Waals surface area contributed by atoms with Crippen molar-refractivity contribution < 1.29 is 9.53 Å². The summed E-state index contributed by atoms with van der Waals surface area (Å²) in [7, 11) is 0. The van der Waals surface area contributed by atoms with Gasteiger partial charge in [0.15, 0.2) is 5.11 Å². The Balaban J connectivity index is 1.32. The van der Waals surface area contributed by atoms with Crippen molar-refractivity contribution >= 4 is 34.7 Å². The monoisotopic (exact) mass is 537 g/mol. The van der Waals surface area contributed by atoms with E-state index >= 15 is 0 Å². The first kappa shape index (κ1) is 27.6. The molecule has 4 aliphatic rings. The average Bonchev–Trinajstić information content (AvgIpc) is 3.07. The van der Waals surface area contributed by atoms with Crippen LogP contribution in [0.5, 0.6) is 0 Å². The van der Waals surface area contributed by atoms with E-state index in [-0.39, 0.29) is 27.6 Å². The van der Waals surface area contributed by atoms with Gasteiger partial charge in [-0.15, -0.1) is 0 Å². The summed E-state index contributed by atoms with van der Waals surface area (Å²) in [6.45, 7) is 13.9. The Morgan fingerprint density at radius 3 is 2.47 bits per heavy atom. The number of carbonyl (C=O) groups excluding carboxylic acids is 1. The molecule has 2 N–H and O–H groups in total. The normalized spacial score (nSPS) is 38.9. The smallest absolute Gasteiger partial charge is 0.312 e. The van der Waals surface area contributed by atoms with Gasteiger partial charge in [-0.1, -0.05) is 46.2 Å². The van der Waals surface area contributed by atoms with Gasteiger partial charge in [0.25, 0.3) is 0 Å². The molecule has 1 aromatic carbocycles. The number of hydrazone groups is 1. The van der Waals surface area contributed by atoms with Crippen molar-refractivity contribution in [2.45, 2.75) is 105 Å². The Morgan fingerprint density at radius 2 is 1.79 bits per heavy atom. The topological polar surface area (TPSA) is 62.7 Å². The molecule has 0 amide bonds. The average molecular weight is 538 g/mol. The van der Waals surface area contributed by atoms with Crippen LogP contribution in [0.1, 0.15) is 111 Å². The van der Waals surface area contributed by atoms with E-state index in [0.717, 1.165) is 37.8 Å². The zero-order valence-electron chi connectivity index (χ0n) is 24.3. The van der Waals surface area contributed by atoms with Crippen molar-refractivity contribution in [1.82, 2.24) is 5.43 Å². The van der Waals surface area contributed by atoms with Crippen LogP contribution >= 0.6 is 12.2 Å². The first-order chi connectivity index (χ1) is 18.0. The Kier molecular flexibility index (Phi) is 7.20. The van der Waals surface area contributed by atoms with E-state index in [1.165, 1.54) is 37.0 Å². The molecule has 0 unspecified atom stereocenters. The molecule has 4 aliphatic carbocycles. The van der Waals surface area contributed by atoms with Crippen LogP contribution in [0.2, 0.25) is 0 Å². The fourth-order valence-corrected chi connectivity index (χ4v) is 9.63. The molecular weight excluding hydrogens is 490 g/mol. The number of esters is 1. The molecule has 0 heterocycles. The molecular formula is C32H47N3O2S. The third kappa shape index (κ3) is 4.49. The largest absolute Gasteiger partial charge is 0.466 e. The van der Waals surface area contributed by atoms with Crippen LogP contribution in [0.4, 0.5) is 5.69 Å². The lowest BCUT2D eigenvalue weighted by molar-refractivity contribution is -0.187. The molecule has 208 valence electrons. The summed E-state index contributed by atoms with van der Waals surface area (Å²) in [6.07, 6.45) is 10.3. The first-order valence-electron chi connectivity index (χ1n) is 14.9. The SMILES string of the molecule is CCOC(=O)[C@]1(C)CCC[C@@]2(C)[C@@H]3CC[C@@]4(C)C[C@]3(CC[C@@H]21)C/C4=N\NC(=S)Nc1ccc(C(C)C)cc1. The molecule has 4 fully saturated rings. The highest BCUT2D eigenvalue weighted by Crippen LogP contribution is 2.73. The second-order valence-corrected chi connectivity index (χ2v) is 14.3. The fourth-order valence-electron chi connectivity index (χ4n) is 9.47. The minimum atomic E-state index is -0.353. The number of carbonyl (C=O) groups is 1. The van der Waals surface area contributed by atoms with E-state index in [2.05, 4.69) is 69.6 Å². The molecule has 4 saturated carbocycles. The molecule has 1 aromatic rings. The number of nitrogens with zero attached hydrogens (tertiary/aromatic N) is 1. The van der Waals surface area contributed by atoms with Gasteiger partial charge in [-0.2, -0.15) is 5.10 Å². The van der Waals surface area contributed by atoms with Crippen LogP contribution in [-0.2, 0) is 9.53 Å². The van der Waals surface area contributed by atoms with Gasteiger partial charge in [-0.25, -0.2) is 0 Å². The summed E-state index contributed by atoms with van der Waals surface area (Å²) in [5.41, 5.74) is 7.02. The molecule has 1 spiro atoms. The number of hydrogen-bond donors (Lipinski definition) is 2. The second kappa shape index (κ2) is 9.91. The Hall–Kier alpha value is -1.95. The maximum absolute atomic E-state index is 13.2. The number of hydrogen-bond acceptors (Lipinski definition) is 4. The number of rotatable bonds is 5. The highest BCUT2D eigenvalue weighted by molar-refractivity contribution is 7.80. The summed E-state index contributed by atoms with van der Waals surface area (Å²) < 4.78 is 5.64. The first-order valence-corrected chi connectivity index (χ1v) is 15.3. The van der Waals surface area contributed by atoms with E-state index in [9.17, 15) is 4.79 Å².